The smallest absolute Gasteiger partial charge is 0.226 e. The van der Waals surface area contributed by atoms with E-state index in [1.54, 1.807) is 12.1 Å². The minimum Gasteiger partial charge on any atom is -0.440 e. The Morgan fingerprint density at radius 3 is 2.26 bits per heavy atom. The molecule has 1 saturated carbocycles. The monoisotopic (exact) mass is 497 g/mol. The number of oxazole rings is 1. The molecule has 2 aliphatic rings. The largest absolute Gasteiger partial charge is 0.440 e. The topological polar surface area (TPSA) is 106 Å². The molecule has 0 spiro atoms. The number of anilines is 1. The van der Waals surface area contributed by atoms with Gasteiger partial charge in [-0.1, -0.05) is 25.0 Å². The van der Waals surface area contributed by atoms with Crippen molar-refractivity contribution in [2.45, 2.75) is 31.6 Å². The van der Waals surface area contributed by atoms with E-state index in [0.29, 0.717) is 42.4 Å². The lowest BCUT2D eigenvalue weighted by molar-refractivity contribution is -0.123. The average Bonchev–Trinajstić information content (AvgIpc) is 3.30. The van der Waals surface area contributed by atoms with Crippen LogP contribution in [0.2, 0.25) is 0 Å². The molecule has 5 rings (SSSR count). The summed E-state index contributed by atoms with van der Waals surface area (Å²) in [6.45, 7) is 0.932. The van der Waals surface area contributed by atoms with Gasteiger partial charge in [-0.3, -0.25) is 4.79 Å². The zero-order valence-corrected chi connectivity index (χ0v) is 20.1. The number of hydrogen-bond acceptors (Lipinski definition) is 6. The van der Waals surface area contributed by atoms with Crippen LogP contribution in [0.3, 0.4) is 0 Å². The molecule has 1 amide bonds. The lowest BCUT2D eigenvalue weighted by Crippen LogP contribution is -2.40. The third-order valence-corrected chi connectivity index (χ3v) is 8.67. The molecule has 7 nitrogen and oxygen atoms in total. The molecule has 2 heterocycles. The van der Waals surface area contributed by atoms with Crippen LogP contribution < -0.4 is 10.6 Å². The Bertz CT molecular complexity index is 1310. The maximum atomic E-state index is 13.5. The number of sulfone groups is 1. The number of hydrogen-bond donors (Lipinski definition) is 1. The number of benzene rings is 2. The van der Waals surface area contributed by atoms with E-state index in [0.717, 1.165) is 30.5 Å². The first-order chi connectivity index (χ1) is 16.8. The van der Waals surface area contributed by atoms with Crippen LogP contribution in [-0.2, 0) is 14.6 Å². The van der Waals surface area contributed by atoms with Crippen molar-refractivity contribution < 1.29 is 22.0 Å². The standard InChI is InChI=1S/C26H28FN3O4S/c27-19-9-5-18(6-10-19)26-29-23(24(34-26)21-3-1-2-4-22(21)25(28)31)17-7-11-20(12-8-17)30-13-15-35(32,33)16-14-30/h5-12,21-22H,1-4,13-16H2,(H2,28,31). The van der Waals surface area contributed by atoms with Crippen molar-refractivity contribution in [1.29, 1.82) is 0 Å². The van der Waals surface area contributed by atoms with Crippen LogP contribution in [0.25, 0.3) is 22.7 Å². The number of nitrogens with zero attached hydrogens (tertiary/aromatic N) is 2. The van der Waals surface area contributed by atoms with Gasteiger partial charge in [0, 0.05) is 41.7 Å². The fourth-order valence-corrected chi connectivity index (χ4v) is 6.29. The molecule has 0 radical (unpaired) electrons. The van der Waals surface area contributed by atoms with Crippen molar-refractivity contribution in [2.75, 3.05) is 29.5 Å². The normalized spacial score (nSPS) is 22.1. The molecule has 3 aromatic rings. The fraction of sp³-hybridized carbons (Fsp3) is 0.385. The SMILES string of the molecule is NC(=O)C1CCCCC1c1oc(-c2ccc(F)cc2)nc1-c1ccc(N2CCS(=O)(=O)CC2)cc1. The molecule has 2 unspecified atom stereocenters. The van der Waals surface area contributed by atoms with Crippen molar-refractivity contribution in [3.8, 4) is 22.7 Å². The molecular formula is C26H28FN3O4S. The second-order valence-electron chi connectivity index (χ2n) is 9.32. The molecule has 1 aliphatic carbocycles. The van der Waals surface area contributed by atoms with Crippen molar-refractivity contribution in [3.05, 3.63) is 60.1 Å². The quantitative estimate of drug-likeness (QED) is 0.568. The van der Waals surface area contributed by atoms with Gasteiger partial charge in [-0.25, -0.2) is 17.8 Å². The Hall–Kier alpha value is -3.20. The highest BCUT2D eigenvalue weighted by molar-refractivity contribution is 7.91. The molecule has 0 bridgehead atoms. The Balaban J connectivity index is 1.51. The van der Waals surface area contributed by atoms with Gasteiger partial charge in [0.25, 0.3) is 0 Å². The van der Waals surface area contributed by atoms with Crippen LogP contribution in [0.5, 0.6) is 0 Å². The van der Waals surface area contributed by atoms with E-state index in [1.807, 2.05) is 24.3 Å². The van der Waals surface area contributed by atoms with Gasteiger partial charge in [0.05, 0.1) is 11.5 Å². The van der Waals surface area contributed by atoms with Crippen LogP contribution in [0, 0.1) is 11.7 Å². The minimum atomic E-state index is -2.96. The molecule has 9 heteroatoms. The van der Waals surface area contributed by atoms with Gasteiger partial charge >= 0.3 is 0 Å². The summed E-state index contributed by atoms with van der Waals surface area (Å²) in [5, 5.41) is 0. The summed E-state index contributed by atoms with van der Waals surface area (Å²) in [4.78, 5) is 19.1. The molecule has 35 heavy (non-hydrogen) atoms. The number of primary amides is 1. The number of carbonyl (C=O) groups excluding carboxylic acids is 1. The molecule has 2 fully saturated rings. The summed E-state index contributed by atoms with van der Waals surface area (Å²) >= 11 is 0. The Labute approximate surface area is 204 Å². The number of halogens is 1. The molecule has 184 valence electrons. The molecule has 2 aromatic carbocycles. The van der Waals surface area contributed by atoms with Crippen LogP contribution in [0.4, 0.5) is 10.1 Å². The second-order valence-corrected chi connectivity index (χ2v) is 11.6. The third-order valence-electron chi connectivity index (χ3n) is 7.06. The fourth-order valence-electron chi connectivity index (χ4n) is 5.09. The minimum absolute atomic E-state index is 0.152. The van der Waals surface area contributed by atoms with E-state index >= 15 is 0 Å². The first-order valence-electron chi connectivity index (χ1n) is 11.9. The highest BCUT2D eigenvalue weighted by Crippen LogP contribution is 2.43. The van der Waals surface area contributed by atoms with Crippen molar-refractivity contribution in [1.82, 2.24) is 4.98 Å². The van der Waals surface area contributed by atoms with Gasteiger partial charge in [-0.2, -0.15) is 0 Å². The predicted octanol–water partition coefficient (Wildman–Crippen LogP) is 4.14. The number of carbonyl (C=O) groups is 1. The molecule has 1 aliphatic heterocycles. The molecule has 1 saturated heterocycles. The zero-order chi connectivity index (χ0) is 24.6. The van der Waals surface area contributed by atoms with Gasteiger partial charge in [0.15, 0.2) is 9.84 Å². The summed E-state index contributed by atoms with van der Waals surface area (Å²) in [6, 6.07) is 13.8. The van der Waals surface area contributed by atoms with Gasteiger partial charge in [0.1, 0.15) is 17.3 Å². The van der Waals surface area contributed by atoms with Gasteiger partial charge < -0.3 is 15.1 Å². The third kappa shape index (κ3) is 4.96. The van der Waals surface area contributed by atoms with E-state index in [4.69, 9.17) is 15.1 Å². The molecule has 2 N–H and O–H groups in total. The lowest BCUT2D eigenvalue weighted by atomic mass is 9.76. The van der Waals surface area contributed by atoms with E-state index in [1.165, 1.54) is 12.1 Å². The summed E-state index contributed by atoms with van der Waals surface area (Å²) in [7, 11) is -2.96. The molecular weight excluding hydrogens is 469 g/mol. The predicted molar refractivity (Wildman–Crippen MR) is 132 cm³/mol. The highest BCUT2D eigenvalue weighted by atomic mass is 32.2. The highest BCUT2D eigenvalue weighted by Gasteiger charge is 2.36. The molecule has 2 atom stereocenters. The Kier molecular flexibility index (Phi) is 6.35. The number of rotatable bonds is 5. The van der Waals surface area contributed by atoms with Crippen LogP contribution in [0.15, 0.2) is 52.9 Å². The number of nitrogens with two attached hydrogens (primary N) is 1. The zero-order valence-electron chi connectivity index (χ0n) is 19.3. The first kappa shape index (κ1) is 23.5. The van der Waals surface area contributed by atoms with E-state index in [-0.39, 0.29) is 35.1 Å². The van der Waals surface area contributed by atoms with E-state index in [9.17, 15) is 17.6 Å². The Morgan fingerprint density at radius 2 is 1.60 bits per heavy atom. The summed E-state index contributed by atoms with van der Waals surface area (Å²) in [5.74, 6) is 0.118. The van der Waals surface area contributed by atoms with Crippen LogP contribution in [0.1, 0.15) is 37.4 Å². The number of aromatic nitrogens is 1. The summed E-state index contributed by atoms with van der Waals surface area (Å²) in [6.07, 6.45) is 3.40. The van der Waals surface area contributed by atoms with E-state index < -0.39 is 9.84 Å². The van der Waals surface area contributed by atoms with E-state index in [2.05, 4.69) is 4.90 Å². The average molecular weight is 498 g/mol. The Morgan fingerprint density at radius 1 is 0.971 bits per heavy atom. The maximum absolute atomic E-state index is 13.5. The van der Waals surface area contributed by atoms with Gasteiger partial charge in [-0.05, 0) is 49.2 Å². The lowest BCUT2D eigenvalue weighted by Gasteiger charge is -2.29. The second kappa shape index (κ2) is 9.45. The van der Waals surface area contributed by atoms with Gasteiger partial charge in [-0.15, -0.1) is 0 Å². The van der Waals surface area contributed by atoms with Gasteiger partial charge in [0.2, 0.25) is 11.8 Å². The first-order valence-corrected chi connectivity index (χ1v) is 13.7. The summed E-state index contributed by atoms with van der Waals surface area (Å²) in [5.41, 5.74) is 8.82. The summed E-state index contributed by atoms with van der Waals surface area (Å²) < 4.78 is 43.3. The van der Waals surface area contributed by atoms with Crippen LogP contribution in [-0.4, -0.2) is 43.9 Å². The maximum Gasteiger partial charge on any atom is 0.226 e. The molecule has 1 aromatic heterocycles. The van der Waals surface area contributed by atoms with Crippen molar-refractivity contribution in [2.24, 2.45) is 11.7 Å². The van der Waals surface area contributed by atoms with Crippen molar-refractivity contribution in [3.63, 3.8) is 0 Å². The van der Waals surface area contributed by atoms with Crippen molar-refractivity contribution >= 4 is 21.4 Å². The van der Waals surface area contributed by atoms with Crippen LogP contribution >= 0.6 is 0 Å². The number of amides is 1.